The number of methoxy groups -OCH3 is 1. The van der Waals surface area contributed by atoms with E-state index in [0.29, 0.717) is 0 Å². The zero-order valence-corrected chi connectivity index (χ0v) is 15.5. The van der Waals surface area contributed by atoms with Gasteiger partial charge in [0.05, 0.1) is 26.7 Å². The van der Waals surface area contributed by atoms with Crippen molar-refractivity contribution < 1.29 is 14.0 Å². The third kappa shape index (κ3) is 2.97. The highest BCUT2D eigenvalue weighted by Gasteiger charge is 2.45. The molecule has 1 fully saturated rings. The average molecular weight is 319 g/mol. The molecule has 4 heteroatoms. The zero-order valence-electron chi connectivity index (χ0n) is 15.5. The van der Waals surface area contributed by atoms with E-state index >= 15 is 0 Å². The number of benzene rings is 1. The summed E-state index contributed by atoms with van der Waals surface area (Å²) in [6, 6.07) is 4.13. The second-order valence-electron chi connectivity index (χ2n) is 6.57. The molecule has 2 rings (SSSR count). The molecule has 1 amide bonds. The van der Waals surface area contributed by atoms with E-state index in [0.717, 1.165) is 59.6 Å². The third-order valence-corrected chi connectivity index (χ3v) is 5.70. The summed E-state index contributed by atoms with van der Waals surface area (Å²) in [5.74, 6) is 1.14. The number of amides is 1. The maximum absolute atomic E-state index is 13.2. The fourth-order valence-corrected chi connectivity index (χ4v) is 4.19. The lowest BCUT2D eigenvalue weighted by Crippen LogP contribution is -2.58. The van der Waals surface area contributed by atoms with Crippen LogP contribution in [0.15, 0.2) is 12.1 Å². The van der Waals surface area contributed by atoms with E-state index in [1.165, 1.54) is 0 Å². The lowest BCUT2D eigenvalue weighted by molar-refractivity contribution is -0.937. The Morgan fingerprint density at radius 2 is 1.65 bits per heavy atom. The largest absolute Gasteiger partial charge is 0.497 e. The molecule has 0 saturated carbocycles. The van der Waals surface area contributed by atoms with Crippen molar-refractivity contribution in [2.24, 2.45) is 0 Å². The van der Waals surface area contributed by atoms with Crippen molar-refractivity contribution in [3.8, 4) is 5.75 Å². The van der Waals surface area contributed by atoms with Gasteiger partial charge in [0.25, 0.3) is 5.91 Å². The van der Waals surface area contributed by atoms with Gasteiger partial charge >= 0.3 is 0 Å². The number of likely N-dealkylation sites (N-methyl/N-ethyl adjacent to an activating group) is 1. The maximum Gasteiger partial charge on any atom is 0.285 e. The molecule has 1 saturated heterocycles. The Morgan fingerprint density at radius 3 is 2.09 bits per heavy atom. The van der Waals surface area contributed by atoms with Crippen molar-refractivity contribution in [3.63, 3.8) is 0 Å². The number of hydrogen-bond donors (Lipinski definition) is 0. The number of carbonyl (C=O) groups is 1. The van der Waals surface area contributed by atoms with Gasteiger partial charge in [0, 0.05) is 18.7 Å². The Labute approximate surface area is 140 Å². The van der Waals surface area contributed by atoms with E-state index in [9.17, 15) is 4.79 Å². The fourth-order valence-electron chi connectivity index (χ4n) is 4.19. The van der Waals surface area contributed by atoms with E-state index < -0.39 is 0 Å². The van der Waals surface area contributed by atoms with Crippen LogP contribution in [0, 0.1) is 13.8 Å². The van der Waals surface area contributed by atoms with Crippen molar-refractivity contribution in [2.45, 2.75) is 47.1 Å². The summed E-state index contributed by atoms with van der Waals surface area (Å²) in [5.41, 5.74) is 3.29. The number of hydrogen-bond acceptors (Lipinski definition) is 2. The maximum atomic E-state index is 13.2. The molecule has 1 aliphatic heterocycles. The fraction of sp³-hybridized carbons (Fsp3) is 0.632. The van der Waals surface area contributed by atoms with Crippen molar-refractivity contribution >= 4 is 11.6 Å². The van der Waals surface area contributed by atoms with Gasteiger partial charge in [-0.25, -0.2) is 0 Å². The molecule has 4 nitrogen and oxygen atoms in total. The topological polar surface area (TPSA) is 29.5 Å². The summed E-state index contributed by atoms with van der Waals surface area (Å²) < 4.78 is 6.23. The first-order valence-electron chi connectivity index (χ1n) is 8.76. The van der Waals surface area contributed by atoms with Gasteiger partial charge in [-0.15, -0.1) is 0 Å². The molecule has 1 aliphatic rings. The Kier molecular flexibility index (Phi) is 5.35. The summed E-state index contributed by atoms with van der Waals surface area (Å²) in [7, 11) is 1.68. The van der Waals surface area contributed by atoms with Crippen molar-refractivity contribution in [2.75, 3.05) is 38.2 Å². The molecule has 1 heterocycles. The molecule has 128 valence electrons. The number of ether oxygens (including phenoxy) is 1. The van der Waals surface area contributed by atoms with Crippen LogP contribution in [0.3, 0.4) is 0 Å². The van der Waals surface area contributed by atoms with Gasteiger partial charge in [-0.3, -0.25) is 4.79 Å². The van der Waals surface area contributed by atoms with Gasteiger partial charge in [0.2, 0.25) is 0 Å². The SMILES string of the molecule is CC[N+](CC)(CC)C1CCN(c2c(C)cc(OC)cc2C)C1=O. The van der Waals surface area contributed by atoms with Crippen molar-refractivity contribution in [1.82, 2.24) is 0 Å². The molecule has 23 heavy (non-hydrogen) atoms. The molecule has 0 N–H and O–H groups in total. The quantitative estimate of drug-likeness (QED) is 0.753. The van der Waals surface area contributed by atoms with Gasteiger partial charge in [-0.1, -0.05) is 0 Å². The lowest BCUT2D eigenvalue weighted by Gasteiger charge is -2.40. The normalized spacial score (nSPS) is 18.6. The van der Waals surface area contributed by atoms with Gasteiger partial charge in [-0.2, -0.15) is 0 Å². The van der Waals surface area contributed by atoms with Crippen LogP contribution in [-0.4, -0.2) is 49.7 Å². The van der Waals surface area contributed by atoms with Crippen LogP contribution in [0.5, 0.6) is 5.75 Å². The van der Waals surface area contributed by atoms with Crippen LogP contribution < -0.4 is 9.64 Å². The molecule has 0 radical (unpaired) electrons. The lowest BCUT2D eigenvalue weighted by atomic mass is 10.1. The highest BCUT2D eigenvalue weighted by Crippen LogP contribution is 2.34. The first-order valence-corrected chi connectivity index (χ1v) is 8.76. The summed E-state index contributed by atoms with van der Waals surface area (Å²) >= 11 is 0. The minimum Gasteiger partial charge on any atom is -0.497 e. The van der Waals surface area contributed by atoms with Gasteiger partial charge in [0.15, 0.2) is 6.04 Å². The standard InChI is InChI=1S/C19H31N2O2/c1-7-21(8-2,9-3)17-10-11-20(19(17)22)18-14(4)12-16(23-6)13-15(18)5/h12-13,17H,7-11H2,1-6H3/q+1. The summed E-state index contributed by atoms with van der Waals surface area (Å²) in [6.45, 7) is 14.6. The van der Waals surface area contributed by atoms with E-state index in [2.05, 4.69) is 34.6 Å². The smallest absolute Gasteiger partial charge is 0.285 e. The molecule has 1 atom stereocenters. The second kappa shape index (κ2) is 6.91. The third-order valence-electron chi connectivity index (χ3n) is 5.70. The highest BCUT2D eigenvalue weighted by atomic mass is 16.5. The molecule has 1 unspecified atom stereocenters. The molecule has 0 bridgehead atoms. The number of nitrogens with zero attached hydrogens (tertiary/aromatic N) is 2. The van der Waals surface area contributed by atoms with Crippen LogP contribution in [-0.2, 0) is 4.79 Å². The number of rotatable bonds is 6. The van der Waals surface area contributed by atoms with Gasteiger partial charge in [-0.05, 0) is 57.9 Å². The number of quaternary nitrogens is 1. The second-order valence-corrected chi connectivity index (χ2v) is 6.57. The van der Waals surface area contributed by atoms with E-state index in [1.54, 1.807) is 7.11 Å². The van der Waals surface area contributed by atoms with Crippen LogP contribution >= 0.6 is 0 Å². The number of aryl methyl sites for hydroxylation is 2. The monoisotopic (exact) mass is 319 g/mol. The zero-order chi connectivity index (χ0) is 17.2. The molecule has 1 aromatic carbocycles. The van der Waals surface area contributed by atoms with Crippen LogP contribution in [0.1, 0.15) is 38.3 Å². The van der Waals surface area contributed by atoms with Crippen LogP contribution in [0.4, 0.5) is 5.69 Å². The minimum absolute atomic E-state index is 0.0934. The first kappa shape index (κ1) is 17.8. The summed E-state index contributed by atoms with van der Waals surface area (Å²) in [6.07, 6.45) is 0.944. The Bertz CT molecular complexity index is 547. The van der Waals surface area contributed by atoms with Crippen LogP contribution in [0.2, 0.25) is 0 Å². The van der Waals surface area contributed by atoms with Gasteiger partial charge < -0.3 is 14.1 Å². The summed E-state index contributed by atoms with van der Waals surface area (Å²) in [5, 5.41) is 0. The molecule has 0 aliphatic carbocycles. The molecule has 0 aromatic heterocycles. The minimum atomic E-state index is 0.0934. The van der Waals surface area contributed by atoms with Crippen molar-refractivity contribution in [1.29, 1.82) is 0 Å². The Hall–Kier alpha value is -1.55. The highest BCUT2D eigenvalue weighted by molar-refractivity contribution is 6.00. The van der Waals surface area contributed by atoms with E-state index in [-0.39, 0.29) is 11.9 Å². The molecular weight excluding hydrogens is 288 g/mol. The predicted molar refractivity (Wildman–Crippen MR) is 95.1 cm³/mol. The number of carbonyl (C=O) groups excluding carboxylic acids is 1. The molecular formula is C19H31N2O2+. The predicted octanol–water partition coefficient (Wildman–Crippen LogP) is 3.29. The summed E-state index contributed by atoms with van der Waals surface area (Å²) in [4.78, 5) is 15.2. The Morgan fingerprint density at radius 1 is 1.13 bits per heavy atom. The van der Waals surface area contributed by atoms with Crippen molar-refractivity contribution in [3.05, 3.63) is 23.3 Å². The average Bonchev–Trinajstić information content (AvgIpc) is 2.91. The molecule has 0 spiro atoms. The Balaban J connectivity index is 2.36. The number of anilines is 1. The van der Waals surface area contributed by atoms with E-state index in [1.807, 2.05) is 17.0 Å². The van der Waals surface area contributed by atoms with Crippen LogP contribution in [0.25, 0.3) is 0 Å². The first-order chi connectivity index (χ1) is 10.9. The van der Waals surface area contributed by atoms with Gasteiger partial charge in [0.1, 0.15) is 5.75 Å². The van der Waals surface area contributed by atoms with E-state index in [4.69, 9.17) is 4.74 Å². The molecule has 1 aromatic rings.